The van der Waals surface area contributed by atoms with Gasteiger partial charge in [-0.25, -0.2) is 0 Å². The molecule has 0 saturated carbocycles. The normalized spacial score (nSPS) is 9.62. The van der Waals surface area contributed by atoms with Crippen LogP contribution < -0.4 is 4.74 Å². The van der Waals surface area contributed by atoms with Crippen molar-refractivity contribution in [3.8, 4) is 5.75 Å². The Bertz CT molecular complexity index is 384. The number of carbonyl (C=O) groups is 2. The van der Waals surface area contributed by atoms with E-state index in [1.165, 1.54) is 7.11 Å². The smallest absolute Gasteiger partial charge is 0.311 e. The van der Waals surface area contributed by atoms with E-state index in [1.54, 1.807) is 12.1 Å². The number of ether oxygens (including phenoxy) is 2. The van der Waals surface area contributed by atoms with Gasteiger partial charge in [-0.3, -0.25) is 9.59 Å². The van der Waals surface area contributed by atoms with E-state index in [9.17, 15) is 9.59 Å². The molecule has 0 aliphatic rings. The van der Waals surface area contributed by atoms with Crippen molar-refractivity contribution in [2.24, 2.45) is 0 Å². The lowest BCUT2D eigenvalue weighted by molar-refractivity contribution is -0.144. The van der Waals surface area contributed by atoms with Crippen LogP contribution in [-0.4, -0.2) is 19.0 Å². The number of esters is 2. The van der Waals surface area contributed by atoms with Gasteiger partial charge >= 0.3 is 11.9 Å². The number of hydrogen-bond donors (Lipinski definition) is 0. The van der Waals surface area contributed by atoms with Crippen LogP contribution in [0, 0.1) is 6.92 Å². The molecule has 0 N–H and O–H groups in total. The summed E-state index contributed by atoms with van der Waals surface area (Å²) in [4.78, 5) is 22.2. The molecule has 0 fully saturated rings. The second kappa shape index (κ2) is 5.90. The van der Waals surface area contributed by atoms with Crippen LogP contribution in [0.15, 0.2) is 24.3 Å². The Morgan fingerprint density at radius 3 is 2.38 bits per heavy atom. The van der Waals surface area contributed by atoms with Crippen molar-refractivity contribution in [3.63, 3.8) is 0 Å². The fourth-order valence-electron chi connectivity index (χ4n) is 1.15. The Morgan fingerprint density at radius 1 is 1.12 bits per heavy atom. The maximum absolute atomic E-state index is 11.4. The van der Waals surface area contributed by atoms with E-state index >= 15 is 0 Å². The monoisotopic (exact) mass is 222 g/mol. The SMILES string of the molecule is COC(=O)CCC(=O)Oc1ccccc1C. The van der Waals surface area contributed by atoms with E-state index in [0.29, 0.717) is 5.75 Å². The molecule has 1 aromatic carbocycles. The number of benzene rings is 1. The summed E-state index contributed by atoms with van der Waals surface area (Å²) in [6.07, 6.45) is 0.0716. The molecule has 0 aromatic heterocycles. The zero-order valence-corrected chi connectivity index (χ0v) is 9.36. The third-order valence-corrected chi connectivity index (χ3v) is 2.08. The number of rotatable bonds is 4. The molecule has 0 heterocycles. The molecule has 0 amide bonds. The standard InChI is InChI=1S/C12H14O4/c1-9-5-3-4-6-10(9)16-12(14)8-7-11(13)15-2/h3-6H,7-8H2,1-2H3. The molecule has 0 unspecified atom stereocenters. The fourth-order valence-corrected chi connectivity index (χ4v) is 1.15. The van der Waals surface area contributed by atoms with Crippen LogP contribution in [0.25, 0.3) is 0 Å². The van der Waals surface area contributed by atoms with Crippen molar-refractivity contribution in [1.29, 1.82) is 0 Å². The summed E-state index contributed by atoms with van der Waals surface area (Å²) in [5.74, 6) is -0.321. The number of methoxy groups -OCH3 is 1. The predicted molar refractivity (Wildman–Crippen MR) is 58.1 cm³/mol. The molecule has 86 valence electrons. The fraction of sp³-hybridized carbons (Fsp3) is 0.333. The highest BCUT2D eigenvalue weighted by Gasteiger charge is 2.09. The van der Waals surface area contributed by atoms with Crippen LogP contribution in [0.1, 0.15) is 18.4 Å². The van der Waals surface area contributed by atoms with Gasteiger partial charge in [-0.1, -0.05) is 18.2 Å². The molecule has 0 radical (unpaired) electrons. The minimum atomic E-state index is -0.431. The van der Waals surface area contributed by atoms with Gasteiger partial charge in [0, 0.05) is 0 Å². The average molecular weight is 222 g/mol. The molecule has 4 heteroatoms. The van der Waals surface area contributed by atoms with E-state index in [4.69, 9.17) is 4.74 Å². The van der Waals surface area contributed by atoms with Crippen molar-refractivity contribution in [1.82, 2.24) is 0 Å². The van der Waals surface area contributed by atoms with Crippen molar-refractivity contribution >= 4 is 11.9 Å². The molecule has 4 nitrogen and oxygen atoms in total. The lowest BCUT2D eigenvalue weighted by Crippen LogP contribution is -2.11. The highest BCUT2D eigenvalue weighted by molar-refractivity contribution is 5.79. The Kier molecular flexibility index (Phi) is 4.51. The Balaban J connectivity index is 2.46. The quantitative estimate of drug-likeness (QED) is 0.576. The molecule has 0 atom stereocenters. The van der Waals surface area contributed by atoms with Crippen LogP contribution in [0.2, 0.25) is 0 Å². The lowest BCUT2D eigenvalue weighted by Gasteiger charge is -2.06. The number of carbonyl (C=O) groups excluding carboxylic acids is 2. The molecule has 0 aliphatic heterocycles. The zero-order valence-electron chi connectivity index (χ0n) is 9.36. The zero-order chi connectivity index (χ0) is 12.0. The molecule has 0 aliphatic carbocycles. The second-order valence-electron chi connectivity index (χ2n) is 3.32. The topological polar surface area (TPSA) is 52.6 Å². The Labute approximate surface area is 94.2 Å². The Hall–Kier alpha value is -1.84. The second-order valence-corrected chi connectivity index (χ2v) is 3.32. The van der Waals surface area contributed by atoms with Crippen molar-refractivity contribution in [2.45, 2.75) is 19.8 Å². The van der Waals surface area contributed by atoms with E-state index in [0.717, 1.165) is 5.56 Å². The molecule has 0 spiro atoms. The highest BCUT2D eigenvalue weighted by Crippen LogP contribution is 2.16. The van der Waals surface area contributed by atoms with Gasteiger partial charge in [0.25, 0.3) is 0 Å². The molecule has 1 rings (SSSR count). The number of hydrogen-bond acceptors (Lipinski definition) is 4. The van der Waals surface area contributed by atoms with E-state index < -0.39 is 11.9 Å². The Morgan fingerprint density at radius 2 is 1.75 bits per heavy atom. The average Bonchev–Trinajstić information content (AvgIpc) is 2.29. The van der Waals surface area contributed by atoms with E-state index in [1.807, 2.05) is 19.1 Å². The molecule has 16 heavy (non-hydrogen) atoms. The van der Waals surface area contributed by atoms with Gasteiger partial charge in [-0.05, 0) is 18.6 Å². The van der Waals surface area contributed by atoms with Crippen molar-refractivity contribution in [2.75, 3.05) is 7.11 Å². The molecule has 0 saturated heterocycles. The molecule has 1 aromatic rings. The number of aryl methyl sites for hydroxylation is 1. The minimum absolute atomic E-state index is 0.0288. The van der Waals surface area contributed by atoms with Crippen LogP contribution in [-0.2, 0) is 14.3 Å². The predicted octanol–water partition coefficient (Wildman–Crippen LogP) is 1.85. The van der Waals surface area contributed by atoms with Crippen LogP contribution >= 0.6 is 0 Å². The molecular formula is C12H14O4. The maximum atomic E-state index is 11.4. The van der Waals surface area contributed by atoms with Crippen molar-refractivity contribution in [3.05, 3.63) is 29.8 Å². The summed E-state index contributed by atoms with van der Waals surface area (Å²) in [5, 5.41) is 0. The summed E-state index contributed by atoms with van der Waals surface area (Å²) >= 11 is 0. The summed E-state index contributed by atoms with van der Waals surface area (Å²) in [7, 11) is 1.29. The minimum Gasteiger partial charge on any atom is -0.469 e. The summed E-state index contributed by atoms with van der Waals surface area (Å²) < 4.78 is 9.52. The third-order valence-electron chi connectivity index (χ3n) is 2.08. The van der Waals surface area contributed by atoms with E-state index in [2.05, 4.69) is 4.74 Å². The largest absolute Gasteiger partial charge is 0.469 e. The van der Waals surface area contributed by atoms with Crippen molar-refractivity contribution < 1.29 is 19.1 Å². The lowest BCUT2D eigenvalue weighted by atomic mass is 10.2. The van der Waals surface area contributed by atoms with Gasteiger partial charge in [-0.2, -0.15) is 0 Å². The number of para-hydroxylation sites is 1. The maximum Gasteiger partial charge on any atom is 0.311 e. The molecule has 0 bridgehead atoms. The third kappa shape index (κ3) is 3.73. The van der Waals surface area contributed by atoms with Gasteiger partial charge in [0.15, 0.2) is 0 Å². The van der Waals surface area contributed by atoms with Crippen LogP contribution in [0.5, 0.6) is 5.75 Å². The first-order chi connectivity index (χ1) is 7.63. The van der Waals surface area contributed by atoms with Gasteiger partial charge < -0.3 is 9.47 Å². The van der Waals surface area contributed by atoms with Crippen LogP contribution in [0.4, 0.5) is 0 Å². The van der Waals surface area contributed by atoms with E-state index in [-0.39, 0.29) is 12.8 Å². The van der Waals surface area contributed by atoms with Crippen LogP contribution in [0.3, 0.4) is 0 Å². The first kappa shape index (κ1) is 12.2. The highest BCUT2D eigenvalue weighted by atomic mass is 16.5. The first-order valence-corrected chi connectivity index (χ1v) is 4.96. The summed E-state index contributed by atoms with van der Waals surface area (Å²) in [6, 6.07) is 7.21. The van der Waals surface area contributed by atoms with Gasteiger partial charge in [0.05, 0.1) is 20.0 Å². The van der Waals surface area contributed by atoms with Gasteiger partial charge in [0.1, 0.15) is 5.75 Å². The summed E-state index contributed by atoms with van der Waals surface area (Å²) in [5.41, 5.74) is 0.883. The van der Waals surface area contributed by atoms with Gasteiger partial charge in [0.2, 0.25) is 0 Å². The first-order valence-electron chi connectivity index (χ1n) is 4.96. The summed E-state index contributed by atoms with van der Waals surface area (Å²) in [6.45, 7) is 1.85. The van der Waals surface area contributed by atoms with Gasteiger partial charge in [-0.15, -0.1) is 0 Å². The molecular weight excluding hydrogens is 208 g/mol.